The van der Waals surface area contributed by atoms with Crippen molar-refractivity contribution >= 4 is 22.6 Å². The van der Waals surface area contributed by atoms with E-state index in [1.54, 1.807) is 0 Å². The lowest BCUT2D eigenvalue weighted by molar-refractivity contribution is -0.383. The smallest absolute Gasteiger partial charge is 0.336 e. The topological polar surface area (TPSA) is 102 Å². The Morgan fingerprint density at radius 2 is 2.11 bits per heavy atom. The van der Waals surface area contributed by atoms with Crippen molar-refractivity contribution in [2.45, 2.75) is 0 Å². The monoisotopic (exact) mass is 248 g/mol. The number of non-ortho nitro benzene ring substituents is 1. The first-order valence-electron chi connectivity index (χ1n) is 4.94. The summed E-state index contributed by atoms with van der Waals surface area (Å²) in [7, 11) is 1.36. The lowest BCUT2D eigenvalue weighted by atomic mass is 10.1. The first-order valence-corrected chi connectivity index (χ1v) is 4.94. The summed E-state index contributed by atoms with van der Waals surface area (Å²) in [4.78, 5) is 32.9. The largest absolute Gasteiger partial charge is 0.478 e. The molecule has 0 unspecified atom stereocenters. The van der Waals surface area contributed by atoms with Gasteiger partial charge in [-0.3, -0.25) is 14.9 Å². The zero-order chi connectivity index (χ0) is 13.4. The van der Waals surface area contributed by atoms with E-state index >= 15 is 0 Å². The van der Waals surface area contributed by atoms with Crippen LogP contribution < -0.4 is 5.56 Å². The van der Waals surface area contributed by atoms with Crippen molar-refractivity contribution in [3.8, 4) is 0 Å². The van der Waals surface area contributed by atoms with Crippen molar-refractivity contribution in [2.24, 2.45) is 7.05 Å². The van der Waals surface area contributed by atoms with Crippen LogP contribution in [-0.4, -0.2) is 20.6 Å². The van der Waals surface area contributed by atoms with Gasteiger partial charge in [0.25, 0.3) is 11.2 Å². The van der Waals surface area contributed by atoms with Crippen molar-refractivity contribution in [3.63, 3.8) is 0 Å². The number of nitrogens with zero attached hydrogens (tertiary/aromatic N) is 2. The fourth-order valence-corrected chi connectivity index (χ4v) is 1.83. The molecule has 0 saturated carbocycles. The number of nitro groups is 1. The van der Waals surface area contributed by atoms with Crippen LogP contribution in [0.5, 0.6) is 0 Å². The van der Waals surface area contributed by atoms with Crippen LogP contribution in [0.2, 0.25) is 0 Å². The van der Waals surface area contributed by atoms with Gasteiger partial charge >= 0.3 is 5.97 Å². The van der Waals surface area contributed by atoms with Crippen LogP contribution in [0.15, 0.2) is 29.1 Å². The Labute approximate surface area is 100 Å². The third kappa shape index (κ3) is 1.61. The minimum absolute atomic E-state index is 0.00685. The minimum Gasteiger partial charge on any atom is -0.478 e. The molecule has 0 spiro atoms. The van der Waals surface area contributed by atoms with Gasteiger partial charge in [-0.1, -0.05) is 12.1 Å². The average molecular weight is 248 g/mol. The maximum atomic E-state index is 11.6. The Morgan fingerprint density at radius 3 is 2.67 bits per heavy atom. The van der Waals surface area contributed by atoms with Gasteiger partial charge in [0.1, 0.15) is 5.52 Å². The summed E-state index contributed by atoms with van der Waals surface area (Å²) < 4.78 is 1.07. The van der Waals surface area contributed by atoms with Gasteiger partial charge < -0.3 is 9.67 Å². The fourth-order valence-electron chi connectivity index (χ4n) is 1.83. The third-order valence-electron chi connectivity index (χ3n) is 2.67. The molecule has 7 heteroatoms. The van der Waals surface area contributed by atoms with Gasteiger partial charge in [-0.05, 0) is 0 Å². The highest BCUT2D eigenvalue weighted by Gasteiger charge is 2.19. The maximum absolute atomic E-state index is 11.6. The number of nitro benzene ring substituents is 1. The molecule has 0 radical (unpaired) electrons. The van der Waals surface area contributed by atoms with Gasteiger partial charge in [0, 0.05) is 24.6 Å². The Bertz CT molecular complexity index is 732. The first kappa shape index (κ1) is 11.8. The second-order valence-corrected chi connectivity index (χ2v) is 3.69. The number of fused-ring (bicyclic) bond motifs is 1. The maximum Gasteiger partial charge on any atom is 0.336 e. The molecule has 0 aliphatic carbocycles. The minimum atomic E-state index is -1.29. The molecule has 18 heavy (non-hydrogen) atoms. The Kier molecular flexibility index (Phi) is 2.59. The van der Waals surface area contributed by atoms with E-state index < -0.39 is 16.5 Å². The predicted molar refractivity (Wildman–Crippen MR) is 62.8 cm³/mol. The summed E-state index contributed by atoms with van der Waals surface area (Å²) in [5.41, 5.74) is -1.13. The number of hydrogen-bond donors (Lipinski definition) is 1. The molecule has 2 rings (SSSR count). The molecular formula is C11H8N2O5. The van der Waals surface area contributed by atoms with E-state index in [4.69, 9.17) is 5.11 Å². The van der Waals surface area contributed by atoms with Gasteiger partial charge in [-0.15, -0.1) is 0 Å². The molecule has 0 saturated heterocycles. The van der Waals surface area contributed by atoms with Crippen LogP contribution >= 0.6 is 0 Å². The van der Waals surface area contributed by atoms with E-state index in [1.807, 2.05) is 0 Å². The lowest BCUT2D eigenvalue weighted by Crippen LogP contribution is -2.19. The number of aryl methyl sites for hydroxylation is 1. The molecule has 1 aromatic heterocycles. The number of benzene rings is 1. The van der Waals surface area contributed by atoms with Gasteiger partial charge in [-0.25, -0.2) is 4.79 Å². The van der Waals surface area contributed by atoms with E-state index in [2.05, 4.69) is 0 Å². The number of aromatic nitrogens is 1. The van der Waals surface area contributed by atoms with E-state index in [9.17, 15) is 19.7 Å². The first-order chi connectivity index (χ1) is 8.43. The number of pyridine rings is 1. The number of para-hydroxylation sites is 1. The molecule has 7 nitrogen and oxygen atoms in total. The zero-order valence-corrected chi connectivity index (χ0v) is 9.28. The van der Waals surface area contributed by atoms with Gasteiger partial charge in [0.05, 0.1) is 10.5 Å². The second-order valence-electron chi connectivity index (χ2n) is 3.69. The molecule has 2 aromatic rings. The average Bonchev–Trinajstić information content (AvgIpc) is 2.32. The lowest BCUT2D eigenvalue weighted by Gasteiger charge is -2.07. The molecule has 0 amide bonds. The van der Waals surface area contributed by atoms with E-state index in [1.165, 1.54) is 25.2 Å². The summed E-state index contributed by atoms with van der Waals surface area (Å²) in [5, 5.41) is 20.1. The van der Waals surface area contributed by atoms with Crippen molar-refractivity contribution in [3.05, 3.63) is 50.3 Å². The highest BCUT2D eigenvalue weighted by molar-refractivity contribution is 6.04. The second kappa shape index (κ2) is 3.95. The SMILES string of the molecule is Cn1c(=O)cc(C(=O)O)c2cccc([N+](=O)[O-])c21. The summed E-state index contributed by atoms with van der Waals surface area (Å²) >= 11 is 0. The van der Waals surface area contributed by atoms with Crippen molar-refractivity contribution in [1.82, 2.24) is 4.57 Å². The molecule has 0 fully saturated rings. The molecule has 0 aliphatic heterocycles. The highest BCUT2D eigenvalue weighted by atomic mass is 16.6. The number of hydrogen-bond acceptors (Lipinski definition) is 4. The highest BCUT2D eigenvalue weighted by Crippen LogP contribution is 2.25. The quantitative estimate of drug-likeness (QED) is 0.634. The summed E-state index contributed by atoms with van der Waals surface area (Å²) in [5.74, 6) is -1.29. The molecule has 1 aromatic carbocycles. The van der Waals surface area contributed by atoms with Crippen LogP contribution in [-0.2, 0) is 7.05 Å². The van der Waals surface area contributed by atoms with Gasteiger partial charge in [-0.2, -0.15) is 0 Å². The van der Waals surface area contributed by atoms with Gasteiger partial charge in [0.15, 0.2) is 0 Å². The molecule has 0 bridgehead atoms. The molecule has 0 atom stereocenters. The summed E-state index contributed by atoms with van der Waals surface area (Å²) in [6.07, 6.45) is 0. The molecule has 0 aliphatic rings. The third-order valence-corrected chi connectivity index (χ3v) is 2.67. The van der Waals surface area contributed by atoms with Crippen LogP contribution in [0.1, 0.15) is 10.4 Å². The van der Waals surface area contributed by atoms with E-state index in [-0.39, 0.29) is 22.2 Å². The summed E-state index contributed by atoms with van der Waals surface area (Å²) in [6, 6.07) is 5.00. The van der Waals surface area contributed by atoms with Crippen LogP contribution in [0.25, 0.3) is 10.9 Å². The number of rotatable bonds is 2. The predicted octanol–water partition coefficient (Wildman–Crippen LogP) is 1.14. The Morgan fingerprint density at radius 1 is 1.44 bits per heavy atom. The van der Waals surface area contributed by atoms with Gasteiger partial charge in [0.2, 0.25) is 0 Å². The summed E-state index contributed by atoms with van der Waals surface area (Å²) in [6.45, 7) is 0. The van der Waals surface area contributed by atoms with E-state index in [0.717, 1.165) is 10.6 Å². The van der Waals surface area contributed by atoms with E-state index in [0.29, 0.717) is 0 Å². The van der Waals surface area contributed by atoms with Crippen molar-refractivity contribution < 1.29 is 14.8 Å². The molecular weight excluding hydrogens is 240 g/mol. The number of carbonyl (C=O) groups is 1. The van der Waals surface area contributed by atoms with Crippen LogP contribution in [0.3, 0.4) is 0 Å². The zero-order valence-electron chi connectivity index (χ0n) is 9.28. The Balaban J connectivity index is 3.08. The number of carboxylic acid groups (broad SMARTS) is 1. The molecule has 1 heterocycles. The molecule has 1 N–H and O–H groups in total. The van der Waals surface area contributed by atoms with Crippen LogP contribution in [0, 0.1) is 10.1 Å². The fraction of sp³-hybridized carbons (Fsp3) is 0.0909. The number of aromatic carboxylic acids is 1. The van der Waals surface area contributed by atoms with Crippen LogP contribution in [0.4, 0.5) is 5.69 Å². The standard InChI is InChI=1S/C11H8N2O5/c1-12-9(14)5-7(11(15)16)6-3-2-4-8(10(6)12)13(17)18/h2-5H,1H3,(H,15,16). The van der Waals surface area contributed by atoms with Crippen molar-refractivity contribution in [2.75, 3.05) is 0 Å². The normalized spacial score (nSPS) is 10.5. The molecule has 92 valence electrons. The Hall–Kier alpha value is -2.70. The van der Waals surface area contributed by atoms with Crippen molar-refractivity contribution in [1.29, 1.82) is 0 Å². The number of carboxylic acids is 1.